The highest BCUT2D eigenvalue weighted by Gasteiger charge is 2.24. The summed E-state index contributed by atoms with van der Waals surface area (Å²) in [5, 5.41) is 0. The van der Waals surface area contributed by atoms with Gasteiger partial charge in [0, 0.05) is 12.2 Å². The van der Waals surface area contributed by atoms with Crippen LogP contribution in [0.1, 0.15) is 32.6 Å². The van der Waals surface area contributed by atoms with Crippen molar-refractivity contribution in [3.05, 3.63) is 12.2 Å². The van der Waals surface area contributed by atoms with E-state index in [1.54, 1.807) is 6.92 Å². The Labute approximate surface area is 119 Å². The van der Waals surface area contributed by atoms with Crippen molar-refractivity contribution >= 4 is 12.1 Å². The van der Waals surface area contributed by atoms with Crippen LogP contribution < -0.4 is 0 Å². The van der Waals surface area contributed by atoms with Gasteiger partial charge in [0.05, 0.1) is 13.2 Å². The second-order valence-corrected chi connectivity index (χ2v) is 4.71. The molecule has 1 fully saturated rings. The Kier molecular flexibility index (Phi) is 7.72. The van der Waals surface area contributed by atoms with Gasteiger partial charge < -0.3 is 18.9 Å². The zero-order chi connectivity index (χ0) is 14.8. The van der Waals surface area contributed by atoms with E-state index in [9.17, 15) is 9.59 Å². The molecule has 1 atom stereocenters. The minimum atomic E-state index is -0.622. The maximum absolute atomic E-state index is 11.1. The smallest absolute Gasteiger partial charge is 0.462 e. The van der Waals surface area contributed by atoms with Crippen LogP contribution in [0.25, 0.3) is 0 Å². The molecule has 1 aliphatic heterocycles. The normalized spacial score (nSPS) is 17.4. The molecule has 1 heterocycles. The first-order valence-corrected chi connectivity index (χ1v) is 6.83. The lowest BCUT2D eigenvalue weighted by Gasteiger charge is -2.07. The molecule has 0 radical (unpaired) electrons. The first-order valence-electron chi connectivity index (χ1n) is 6.83. The second kappa shape index (κ2) is 9.36. The molecule has 1 rings (SSSR count). The topological polar surface area (TPSA) is 71.1 Å². The maximum atomic E-state index is 11.1. The summed E-state index contributed by atoms with van der Waals surface area (Å²) in [6.45, 7) is 6.85. The Balaban J connectivity index is 1.82. The number of cyclic esters (lactones) is 2. The SMILES string of the molecule is C=C(C)C(=O)OCCCCCCOCC1COC(=O)O1. The number of rotatable bonds is 10. The van der Waals surface area contributed by atoms with E-state index in [2.05, 4.69) is 11.3 Å². The fourth-order valence-electron chi connectivity index (χ4n) is 1.61. The van der Waals surface area contributed by atoms with Crippen LogP contribution in [0.15, 0.2) is 12.2 Å². The minimum absolute atomic E-state index is 0.271. The molecule has 114 valence electrons. The monoisotopic (exact) mass is 286 g/mol. The Morgan fingerprint density at radius 2 is 2.00 bits per heavy atom. The average molecular weight is 286 g/mol. The van der Waals surface area contributed by atoms with Gasteiger partial charge in [-0.3, -0.25) is 0 Å². The number of hydrogen-bond acceptors (Lipinski definition) is 6. The van der Waals surface area contributed by atoms with Crippen LogP contribution in [0.2, 0.25) is 0 Å². The van der Waals surface area contributed by atoms with Crippen LogP contribution in [-0.2, 0) is 23.7 Å². The highest BCUT2D eigenvalue weighted by atomic mass is 16.8. The van der Waals surface area contributed by atoms with Gasteiger partial charge in [-0.2, -0.15) is 0 Å². The molecule has 0 aromatic heterocycles. The molecule has 0 N–H and O–H groups in total. The zero-order valence-corrected chi connectivity index (χ0v) is 11.9. The van der Waals surface area contributed by atoms with Crippen LogP contribution in [0.5, 0.6) is 0 Å². The molecule has 6 heteroatoms. The lowest BCUT2D eigenvalue weighted by molar-refractivity contribution is -0.139. The minimum Gasteiger partial charge on any atom is -0.462 e. The van der Waals surface area contributed by atoms with Crippen molar-refractivity contribution in [2.75, 3.05) is 26.4 Å². The molecule has 0 bridgehead atoms. The number of carbonyl (C=O) groups is 2. The fourth-order valence-corrected chi connectivity index (χ4v) is 1.61. The van der Waals surface area contributed by atoms with Crippen molar-refractivity contribution < 1.29 is 28.5 Å². The highest BCUT2D eigenvalue weighted by molar-refractivity contribution is 5.86. The number of unbranched alkanes of at least 4 members (excludes halogenated alkanes) is 3. The Morgan fingerprint density at radius 1 is 1.30 bits per heavy atom. The summed E-state index contributed by atoms with van der Waals surface area (Å²) in [4.78, 5) is 21.7. The molecule has 0 aromatic rings. The van der Waals surface area contributed by atoms with Crippen molar-refractivity contribution in [2.24, 2.45) is 0 Å². The molecule has 6 nitrogen and oxygen atoms in total. The second-order valence-electron chi connectivity index (χ2n) is 4.71. The van der Waals surface area contributed by atoms with E-state index in [4.69, 9.17) is 14.2 Å². The summed E-state index contributed by atoms with van der Waals surface area (Å²) in [6.07, 6.45) is 2.86. The van der Waals surface area contributed by atoms with Crippen molar-refractivity contribution in [3.8, 4) is 0 Å². The van der Waals surface area contributed by atoms with E-state index in [1.807, 2.05) is 0 Å². The molecule has 20 heavy (non-hydrogen) atoms. The predicted octanol–water partition coefficient (Wildman–Crippen LogP) is 2.22. The predicted molar refractivity (Wildman–Crippen MR) is 71.3 cm³/mol. The maximum Gasteiger partial charge on any atom is 0.508 e. The van der Waals surface area contributed by atoms with Crippen LogP contribution in [-0.4, -0.2) is 44.7 Å². The van der Waals surface area contributed by atoms with Crippen molar-refractivity contribution in [3.63, 3.8) is 0 Å². The third kappa shape index (κ3) is 7.13. The lowest BCUT2D eigenvalue weighted by atomic mass is 10.2. The summed E-state index contributed by atoms with van der Waals surface area (Å²) < 4.78 is 19.8. The Hall–Kier alpha value is -1.56. The quantitative estimate of drug-likeness (QED) is 0.348. The number of carbonyl (C=O) groups excluding carboxylic acids is 2. The van der Waals surface area contributed by atoms with Crippen molar-refractivity contribution in [2.45, 2.75) is 38.7 Å². The standard InChI is InChI=1S/C14H22O6/c1-11(2)13(15)18-8-6-4-3-5-7-17-9-12-10-19-14(16)20-12/h12H,1,3-10H2,2H3. The van der Waals surface area contributed by atoms with E-state index in [0.29, 0.717) is 25.4 Å². The molecule has 1 unspecified atom stereocenters. The van der Waals surface area contributed by atoms with E-state index in [0.717, 1.165) is 25.7 Å². The Morgan fingerprint density at radius 3 is 2.60 bits per heavy atom. The molecular weight excluding hydrogens is 264 g/mol. The van der Waals surface area contributed by atoms with Crippen LogP contribution in [0.3, 0.4) is 0 Å². The van der Waals surface area contributed by atoms with Crippen LogP contribution >= 0.6 is 0 Å². The van der Waals surface area contributed by atoms with E-state index in [-0.39, 0.29) is 18.7 Å². The largest absolute Gasteiger partial charge is 0.508 e. The number of hydrogen-bond donors (Lipinski definition) is 0. The third-order valence-corrected chi connectivity index (χ3v) is 2.72. The van der Waals surface area contributed by atoms with Crippen molar-refractivity contribution in [1.82, 2.24) is 0 Å². The zero-order valence-electron chi connectivity index (χ0n) is 11.9. The van der Waals surface area contributed by atoms with Gasteiger partial charge in [0.15, 0.2) is 6.10 Å². The molecule has 1 saturated heterocycles. The average Bonchev–Trinajstić information content (AvgIpc) is 2.82. The summed E-state index contributed by atoms with van der Waals surface area (Å²) in [5.74, 6) is -0.332. The van der Waals surface area contributed by atoms with Gasteiger partial charge in [0.25, 0.3) is 0 Å². The molecule has 0 amide bonds. The van der Waals surface area contributed by atoms with Crippen LogP contribution in [0, 0.1) is 0 Å². The van der Waals surface area contributed by atoms with E-state index in [1.165, 1.54) is 0 Å². The van der Waals surface area contributed by atoms with Gasteiger partial charge >= 0.3 is 12.1 Å². The summed E-state index contributed by atoms with van der Waals surface area (Å²) >= 11 is 0. The van der Waals surface area contributed by atoms with Crippen LogP contribution in [0.4, 0.5) is 4.79 Å². The molecule has 1 aliphatic rings. The molecule has 0 spiro atoms. The lowest BCUT2D eigenvalue weighted by Crippen LogP contribution is -2.18. The van der Waals surface area contributed by atoms with Gasteiger partial charge in [-0.1, -0.05) is 13.0 Å². The summed E-state index contributed by atoms with van der Waals surface area (Å²) in [7, 11) is 0. The van der Waals surface area contributed by atoms with Gasteiger partial charge in [0.2, 0.25) is 0 Å². The number of esters is 1. The van der Waals surface area contributed by atoms with Gasteiger partial charge in [-0.15, -0.1) is 0 Å². The molecule has 0 aromatic carbocycles. The third-order valence-electron chi connectivity index (χ3n) is 2.72. The molecular formula is C14H22O6. The summed E-state index contributed by atoms with van der Waals surface area (Å²) in [5.41, 5.74) is 0.426. The number of ether oxygens (including phenoxy) is 4. The fraction of sp³-hybridized carbons (Fsp3) is 0.714. The summed E-state index contributed by atoms with van der Waals surface area (Å²) in [6, 6.07) is 0. The van der Waals surface area contributed by atoms with Gasteiger partial charge in [0.1, 0.15) is 6.61 Å². The van der Waals surface area contributed by atoms with Gasteiger partial charge in [-0.05, 0) is 26.2 Å². The molecule has 0 aliphatic carbocycles. The van der Waals surface area contributed by atoms with Gasteiger partial charge in [-0.25, -0.2) is 9.59 Å². The Bertz CT molecular complexity index is 339. The van der Waals surface area contributed by atoms with E-state index >= 15 is 0 Å². The molecule has 0 saturated carbocycles. The highest BCUT2D eigenvalue weighted by Crippen LogP contribution is 2.07. The van der Waals surface area contributed by atoms with E-state index < -0.39 is 6.16 Å². The van der Waals surface area contributed by atoms with Crippen molar-refractivity contribution in [1.29, 1.82) is 0 Å². The first-order chi connectivity index (χ1) is 9.59. The first kappa shape index (κ1) is 16.5.